The molecule has 4 aromatic rings. The Morgan fingerprint density at radius 3 is 2.22 bits per heavy atom. The van der Waals surface area contributed by atoms with Gasteiger partial charge in [-0.1, -0.05) is 60.7 Å². The van der Waals surface area contributed by atoms with Gasteiger partial charge in [-0.15, -0.1) is 0 Å². The fourth-order valence-corrected chi connectivity index (χ4v) is 3.48. The Morgan fingerprint density at radius 1 is 0.938 bits per heavy atom. The van der Waals surface area contributed by atoms with Crippen molar-refractivity contribution in [2.45, 2.75) is 19.5 Å². The Bertz CT molecular complexity index is 1310. The number of benzene rings is 2. The van der Waals surface area contributed by atoms with Crippen molar-refractivity contribution in [2.24, 2.45) is 0 Å². The van der Waals surface area contributed by atoms with Gasteiger partial charge >= 0.3 is 5.69 Å². The fourth-order valence-electron chi connectivity index (χ4n) is 3.48. The second-order valence-electron chi connectivity index (χ2n) is 7.29. The van der Waals surface area contributed by atoms with Gasteiger partial charge in [0.2, 0.25) is 5.91 Å². The SMILES string of the molecule is Nc1c(N(Cc2ccco2)C(=O)Cc2ccccc2)c(=O)[nH]c(=O)n1Cc1ccccc1. The normalized spacial score (nSPS) is 10.8. The highest BCUT2D eigenvalue weighted by atomic mass is 16.3. The van der Waals surface area contributed by atoms with Crippen LogP contribution in [0.2, 0.25) is 0 Å². The first-order chi connectivity index (χ1) is 15.5. The minimum Gasteiger partial charge on any atom is -0.467 e. The van der Waals surface area contributed by atoms with Crippen LogP contribution in [0.1, 0.15) is 16.9 Å². The molecule has 3 N–H and O–H groups in total. The van der Waals surface area contributed by atoms with Crippen molar-refractivity contribution in [1.82, 2.24) is 9.55 Å². The van der Waals surface area contributed by atoms with Crippen LogP contribution in [0.5, 0.6) is 0 Å². The van der Waals surface area contributed by atoms with Gasteiger partial charge in [0.25, 0.3) is 5.56 Å². The van der Waals surface area contributed by atoms with Gasteiger partial charge < -0.3 is 10.2 Å². The average Bonchev–Trinajstić information content (AvgIpc) is 3.30. The number of carbonyl (C=O) groups is 1. The number of nitrogens with two attached hydrogens (primary N) is 1. The third kappa shape index (κ3) is 4.54. The van der Waals surface area contributed by atoms with E-state index in [9.17, 15) is 14.4 Å². The molecule has 162 valence electrons. The van der Waals surface area contributed by atoms with Crippen molar-refractivity contribution in [1.29, 1.82) is 0 Å². The summed E-state index contributed by atoms with van der Waals surface area (Å²) in [5, 5.41) is 0. The van der Waals surface area contributed by atoms with Crippen molar-refractivity contribution >= 4 is 17.4 Å². The van der Waals surface area contributed by atoms with Crippen LogP contribution < -0.4 is 21.9 Å². The summed E-state index contributed by atoms with van der Waals surface area (Å²) < 4.78 is 6.65. The fraction of sp³-hybridized carbons (Fsp3) is 0.125. The number of nitrogens with one attached hydrogen (secondary N) is 1. The number of hydrogen-bond acceptors (Lipinski definition) is 5. The average molecular weight is 430 g/mol. The highest BCUT2D eigenvalue weighted by molar-refractivity contribution is 5.96. The van der Waals surface area contributed by atoms with Crippen molar-refractivity contribution in [3.8, 4) is 0 Å². The molecule has 32 heavy (non-hydrogen) atoms. The van der Waals surface area contributed by atoms with Crippen LogP contribution in [0.4, 0.5) is 11.5 Å². The lowest BCUT2D eigenvalue weighted by Crippen LogP contribution is -2.41. The molecule has 0 fully saturated rings. The molecule has 0 unspecified atom stereocenters. The molecule has 8 heteroatoms. The van der Waals surface area contributed by atoms with E-state index in [1.807, 2.05) is 60.7 Å². The summed E-state index contributed by atoms with van der Waals surface area (Å²) in [4.78, 5) is 42.2. The van der Waals surface area contributed by atoms with Crippen LogP contribution in [-0.2, 0) is 24.3 Å². The Kier molecular flexibility index (Phi) is 6.03. The lowest BCUT2D eigenvalue weighted by atomic mass is 10.1. The molecule has 2 aromatic heterocycles. The number of nitrogens with zero attached hydrogens (tertiary/aromatic N) is 2. The molecule has 0 saturated carbocycles. The van der Waals surface area contributed by atoms with Gasteiger partial charge in [-0.3, -0.25) is 24.0 Å². The van der Waals surface area contributed by atoms with E-state index in [2.05, 4.69) is 4.98 Å². The topological polar surface area (TPSA) is 114 Å². The first-order valence-corrected chi connectivity index (χ1v) is 10.1. The summed E-state index contributed by atoms with van der Waals surface area (Å²) >= 11 is 0. The highest BCUT2D eigenvalue weighted by Gasteiger charge is 2.25. The summed E-state index contributed by atoms with van der Waals surface area (Å²) in [7, 11) is 0. The molecule has 0 aliphatic heterocycles. The van der Waals surface area contributed by atoms with E-state index < -0.39 is 11.2 Å². The maximum absolute atomic E-state index is 13.3. The second-order valence-corrected chi connectivity index (χ2v) is 7.29. The summed E-state index contributed by atoms with van der Waals surface area (Å²) in [5.41, 5.74) is 6.46. The van der Waals surface area contributed by atoms with E-state index in [1.165, 1.54) is 15.7 Å². The molecular weight excluding hydrogens is 408 g/mol. The lowest BCUT2D eigenvalue weighted by Gasteiger charge is -2.24. The first kappa shape index (κ1) is 20.9. The van der Waals surface area contributed by atoms with E-state index in [4.69, 9.17) is 10.2 Å². The zero-order valence-electron chi connectivity index (χ0n) is 17.2. The van der Waals surface area contributed by atoms with Crippen molar-refractivity contribution in [3.05, 3.63) is 117 Å². The number of carbonyl (C=O) groups excluding carboxylic acids is 1. The van der Waals surface area contributed by atoms with Crippen LogP contribution in [0.3, 0.4) is 0 Å². The Morgan fingerprint density at radius 2 is 1.59 bits per heavy atom. The molecule has 0 atom stereocenters. The maximum Gasteiger partial charge on any atom is 0.330 e. The number of hydrogen-bond donors (Lipinski definition) is 2. The molecule has 0 saturated heterocycles. The summed E-state index contributed by atoms with van der Waals surface area (Å²) in [6, 6.07) is 21.8. The summed E-state index contributed by atoms with van der Waals surface area (Å²) in [6.07, 6.45) is 1.54. The van der Waals surface area contributed by atoms with Gasteiger partial charge in [-0.05, 0) is 23.3 Å². The molecule has 1 amide bonds. The third-order valence-corrected chi connectivity index (χ3v) is 5.06. The van der Waals surface area contributed by atoms with Crippen LogP contribution in [-0.4, -0.2) is 15.5 Å². The van der Waals surface area contributed by atoms with Crippen molar-refractivity contribution < 1.29 is 9.21 Å². The van der Waals surface area contributed by atoms with Gasteiger partial charge in [0.1, 0.15) is 11.6 Å². The molecule has 2 aromatic carbocycles. The molecule has 8 nitrogen and oxygen atoms in total. The highest BCUT2D eigenvalue weighted by Crippen LogP contribution is 2.22. The van der Waals surface area contributed by atoms with E-state index in [-0.39, 0.29) is 36.9 Å². The zero-order chi connectivity index (χ0) is 22.5. The molecule has 2 heterocycles. The Hall–Kier alpha value is -4.33. The number of anilines is 2. The quantitative estimate of drug-likeness (QED) is 0.468. The van der Waals surface area contributed by atoms with E-state index >= 15 is 0 Å². The summed E-state index contributed by atoms with van der Waals surface area (Å²) in [6.45, 7) is 0.145. The Labute approximate surface area is 183 Å². The monoisotopic (exact) mass is 430 g/mol. The van der Waals surface area contributed by atoms with Crippen LogP contribution in [0.15, 0.2) is 93.1 Å². The van der Waals surface area contributed by atoms with Gasteiger partial charge in [0.15, 0.2) is 5.69 Å². The minimum atomic E-state index is -0.732. The van der Waals surface area contributed by atoms with Gasteiger partial charge in [0.05, 0.1) is 25.8 Å². The molecule has 0 radical (unpaired) electrons. The predicted molar refractivity (Wildman–Crippen MR) is 121 cm³/mol. The van der Waals surface area contributed by atoms with Gasteiger partial charge in [-0.2, -0.15) is 0 Å². The second kappa shape index (κ2) is 9.22. The number of H-pyrrole nitrogens is 1. The first-order valence-electron chi connectivity index (χ1n) is 10.1. The molecule has 4 rings (SSSR count). The predicted octanol–water partition coefficient (Wildman–Crippen LogP) is 2.54. The lowest BCUT2D eigenvalue weighted by molar-refractivity contribution is -0.118. The zero-order valence-corrected chi connectivity index (χ0v) is 17.2. The van der Waals surface area contributed by atoms with Crippen LogP contribution in [0, 0.1) is 0 Å². The van der Waals surface area contributed by atoms with E-state index in [0.29, 0.717) is 5.76 Å². The van der Waals surface area contributed by atoms with E-state index in [0.717, 1.165) is 11.1 Å². The number of aromatic amines is 1. The maximum atomic E-state index is 13.3. The number of aromatic nitrogens is 2. The van der Waals surface area contributed by atoms with Gasteiger partial charge in [-0.25, -0.2) is 4.79 Å². The number of furan rings is 1. The molecular formula is C24H22N4O4. The minimum absolute atomic E-state index is 0.00448. The summed E-state index contributed by atoms with van der Waals surface area (Å²) in [5.74, 6) is 0.0382. The Balaban J connectivity index is 1.77. The third-order valence-electron chi connectivity index (χ3n) is 5.06. The van der Waals surface area contributed by atoms with E-state index in [1.54, 1.807) is 12.1 Å². The molecule has 0 bridgehead atoms. The smallest absolute Gasteiger partial charge is 0.330 e. The number of amides is 1. The number of rotatable bonds is 7. The van der Waals surface area contributed by atoms with Crippen LogP contribution >= 0.6 is 0 Å². The van der Waals surface area contributed by atoms with Gasteiger partial charge in [0, 0.05) is 0 Å². The number of nitrogen functional groups attached to an aromatic ring is 1. The van der Waals surface area contributed by atoms with Crippen molar-refractivity contribution in [2.75, 3.05) is 10.6 Å². The largest absolute Gasteiger partial charge is 0.467 e. The molecule has 0 aliphatic carbocycles. The standard InChI is InChI=1S/C24H22N4O4/c25-22-21(23(30)26-24(31)28(22)15-18-10-5-2-6-11-18)27(16-19-12-7-13-32-19)20(29)14-17-8-3-1-4-9-17/h1-13H,14-16,25H2,(H,26,30,31). The molecule has 0 aliphatic rings. The molecule has 0 spiro atoms. The van der Waals surface area contributed by atoms with Crippen molar-refractivity contribution in [3.63, 3.8) is 0 Å². The van der Waals surface area contributed by atoms with Crippen LogP contribution in [0.25, 0.3) is 0 Å².